The van der Waals surface area contributed by atoms with E-state index in [0.29, 0.717) is 0 Å². The predicted octanol–water partition coefficient (Wildman–Crippen LogP) is 1.13. The van der Waals surface area contributed by atoms with Gasteiger partial charge >= 0.3 is 0 Å². The fourth-order valence-electron chi connectivity index (χ4n) is 0.195. The molecule has 0 saturated carbocycles. The zero-order valence-electron chi connectivity index (χ0n) is 4.98. The number of hydrazine groups is 1. The summed E-state index contributed by atoms with van der Waals surface area (Å²) in [5.74, 6) is 0. The first-order chi connectivity index (χ1) is 3.18. The van der Waals surface area contributed by atoms with Crippen molar-refractivity contribution in [1.29, 1.82) is 0 Å². The van der Waals surface area contributed by atoms with E-state index in [2.05, 4.69) is 34.8 Å². The predicted molar refractivity (Wildman–Crippen MR) is 40.1 cm³/mol. The molecule has 0 amide bonds. The monoisotopic (exact) mass is 214 g/mol. The van der Waals surface area contributed by atoms with Crippen LogP contribution in [0.25, 0.3) is 0 Å². The Morgan fingerprint density at radius 2 is 1.86 bits per heavy atom. The van der Waals surface area contributed by atoms with Crippen LogP contribution in [-0.4, -0.2) is 28.9 Å². The van der Waals surface area contributed by atoms with Crippen molar-refractivity contribution in [3.05, 3.63) is 0 Å². The maximum absolute atomic E-state index is 2.23. The first-order valence-corrected chi connectivity index (χ1v) is 3.25. The molecule has 0 radical (unpaired) electrons. The molecule has 2 nitrogen and oxygen atoms in total. The van der Waals surface area contributed by atoms with Crippen LogP contribution >= 0.6 is 22.9 Å². The van der Waals surface area contributed by atoms with Crippen molar-refractivity contribution in [3.8, 4) is 0 Å². The van der Waals surface area contributed by atoms with Gasteiger partial charge in [0.05, 0.1) is 0 Å². The number of hydrogen-bond donors (Lipinski definition) is 0. The van der Waals surface area contributed by atoms with E-state index in [1.54, 1.807) is 0 Å². The van der Waals surface area contributed by atoms with Crippen molar-refractivity contribution in [2.24, 2.45) is 0 Å². The Bertz CT molecular complexity index is 47.0. The zero-order valence-corrected chi connectivity index (χ0v) is 7.14. The molecular weight excluding hydrogens is 203 g/mol. The van der Waals surface area contributed by atoms with E-state index in [0.717, 1.165) is 6.54 Å². The lowest BCUT2D eigenvalue weighted by molar-refractivity contribution is 0.167. The molecule has 0 aromatic carbocycles. The van der Waals surface area contributed by atoms with Crippen molar-refractivity contribution in [2.75, 3.05) is 20.6 Å². The Labute approximate surface area is 58.9 Å². The highest BCUT2D eigenvalue weighted by Crippen LogP contribution is 1.95. The Kier molecular flexibility index (Phi) is 3.96. The van der Waals surface area contributed by atoms with Crippen LogP contribution in [0.4, 0.5) is 0 Å². The summed E-state index contributed by atoms with van der Waals surface area (Å²) in [4.78, 5) is 0. The minimum Gasteiger partial charge on any atom is -0.236 e. The van der Waals surface area contributed by atoms with Crippen molar-refractivity contribution >= 4 is 22.9 Å². The van der Waals surface area contributed by atoms with Crippen LogP contribution in [0.1, 0.15) is 6.92 Å². The van der Waals surface area contributed by atoms with Gasteiger partial charge in [-0.05, 0) is 0 Å². The molecule has 0 saturated heterocycles. The molecule has 0 aromatic heterocycles. The van der Waals surface area contributed by atoms with Gasteiger partial charge in [0.2, 0.25) is 0 Å². The molecule has 3 heteroatoms. The molecule has 7 heavy (non-hydrogen) atoms. The van der Waals surface area contributed by atoms with Crippen LogP contribution in [0.15, 0.2) is 0 Å². The van der Waals surface area contributed by atoms with E-state index >= 15 is 0 Å². The quantitative estimate of drug-likeness (QED) is 0.386. The van der Waals surface area contributed by atoms with E-state index in [1.165, 1.54) is 0 Å². The summed E-state index contributed by atoms with van der Waals surface area (Å²) in [6.07, 6.45) is 0. The standard InChI is InChI=1S/C4H11IN2/c1-4-6(2)7(3)5/h4H2,1-3H3. The normalized spacial score (nSPS) is 11.1. The van der Waals surface area contributed by atoms with Crippen molar-refractivity contribution in [3.63, 3.8) is 0 Å². The molecule has 0 spiro atoms. The summed E-state index contributed by atoms with van der Waals surface area (Å²) in [5.41, 5.74) is 0. The molecule has 0 fully saturated rings. The summed E-state index contributed by atoms with van der Waals surface area (Å²) in [6, 6.07) is 0. The molecule has 0 aromatic rings. The number of halogens is 1. The summed E-state index contributed by atoms with van der Waals surface area (Å²) >= 11 is 2.23. The van der Waals surface area contributed by atoms with Gasteiger partial charge in [0.25, 0.3) is 0 Å². The SMILES string of the molecule is CCN(C)N(C)I. The van der Waals surface area contributed by atoms with Crippen molar-refractivity contribution < 1.29 is 0 Å². The molecule has 0 aliphatic carbocycles. The minimum atomic E-state index is 1.07. The van der Waals surface area contributed by atoms with Crippen LogP contribution in [0.2, 0.25) is 0 Å². The van der Waals surface area contributed by atoms with Crippen molar-refractivity contribution in [1.82, 2.24) is 8.23 Å². The van der Waals surface area contributed by atoms with E-state index in [1.807, 2.05) is 17.3 Å². The highest BCUT2D eigenvalue weighted by molar-refractivity contribution is 14.1. The summed E-state index contributed by atoms with van der Waals surface area (Å²) in [6.45, 7) is 3.19. The number of nitrogens with zero attached hydrogens (tertiary/aromatic N) is 2. The maximum Gasteiger partial charge on any atom is 0.0366 e. The largest absolute Gasteiger partial charge is 0.236 e. The van der Waals surface area contributed by atoms with E-state index in [-0.39, 0.29) is 0 Å². The van der Waals surface area contributed by atoms with Gasteiger partial charge in [-0.2, -0.15) is 3.22 Å². The number of hydrogen-bond acceptors (Lipinski definition) is 2. The van der Waals surface area contributed by atoms with E-state index in [9.17, 15) is 0 Å². The first-order valence-electron chi connectivity index (χ1n) is 2.29. The Hall–Kier alpha value is 0.650. The van der Waals surface area contributed by atoms with Gasteiger partial charge in [-0.1, -0.05) is 6.92 Å². The molecule has 0 N–H and O–H groups in total. The second kappa shape index (κ2) is 3.63. The van der Waals surface area contributed by atoms with E-state index in [4.69, 9.17) is 0 Å². The van der Waals surface area contributed by atoms with Crippen LogP contribution in [0.3, 0.4) is 0 Å². The average Bonchev–Trinajstić information content (AvgIpc) is 1.65. The van der Waals surface area contributed by atoms with Gasteiger partial charge in [-0.15, -0.1) is 0 Å². The first kappa shape index (κ1) is 7.65. The van der Waals surface area contributed by atoms with Crippen LogP contribution in [0, 0.1) is 0 Å². The zero-order chi connectivity index (χ0) is 5.86. The molecule has 0 aliphatic heterocycles. The van der Waals surface area contributed by atoms with Crippen molar-refractivity contribution in [2.45, 2.75) is 6.92 Å². The Morgan fingerprint density at radius 3 is 1.86 bits per heavy atom. The molecule has 0 heterocycles. The third-order valence-electron chi connectivity index (χ3n) is 0.928. The average molecular weight is 214 g/mol. The smallest absolute Gasteiger partial charge is 0.0366 e. The van der Waals surface area contributed by atoms with Crippen LogP contribution in [0.5, 0.6) is 0 Å². The fraction of sp³-hybridized carbons (Fsp3) is 1.00. The lowest BCUT2D eigenvalue weighted by Gasteiger charge is -2.18. The molecule has 0 rings (SSSR count). The van der Waals surface area contributed by atoms with Gasteiger partial charge in [-0.25, -0.2) is 5.01 Å². The van der Waals surface area contributed by atoms with Gasteiger partial charge in [0, 0.05) is 43.5 Å². The second-order valence-electron chi connectivity index (χ2n) is 1.42. The Balaban J connectivity index is 3.14. The summed E-state index contributed by atoms with van der Waals surface area (Å²) in [7, 11) is 4.07. The number of rotatable bonds is 2. The highest BCUT2D eigenvalue weighted by Gasteiger charge is 1.93. The lowest BCUT2D eigenvalue weighted by Crippen LogP contribution is -2.27. The van der Waals surface area contributed by atoms with E-state index < -0.39 is 0 Å². The van der Waals surface area contributed by atoms with Crippen LogP contribution in [-0.2, 0) is 0 Å². The molecule has 0 aliphatic rings. The molecular formula is C4H11IN2. The van der Waals surface area contributed by atoms with Gasteiger partial charge in [-0.3, -0.25) is 0 Å². The van der Waals surface area contributed by atoms with Crippen LogP contribution < -0.4 is 0 Å². The maximum atomic E-state index is 2.23. The molecule has 0 atom stereocenters. The lowest BCUT2D eigenvalue weighted by atomic mass is 10.7. The highest BCUT2D eigenvalue weighted by atomic mass is 127. The summed E-state index contributed by atoms with van der Waals surface area (Å²) in [5, 5.41) is 2.11. The van der Waals surface area contributed by atoms with Gasteiger partial charge < -0.3 is 0 Å². The van der Waals surface area contributed by atoms with Gasteiger partial charge in [0.15, 0.2) is 0 Å². The topological polar surface area (TPSA) is 6.48 Å². The Morgan fingerprint density at radius 1 is 1.43 bits per heavy atom. The minimum absolute atomic E-state index is 1.07. The molecule has 44 valence electrons. The van der Waals surface area contributed by atoms with Gasteiger partial charge in [0.1, 0.15) is 0 Å². The molecule has 0 unspecified atom stereocenters. The fourth-order valence-corrected chi connectivity index (χ4v) is 0.500. The second-order valence-corrected chi connectivity index (χ2v) is 2.81. The summed E-state index contributed by atoms with van der Waals surface area (Å²) < 4.78 is 2.03. The molecule has 0 bridgehead atoms. The third-order valence-corrected chi connectivity index (χ3v) is 1.66. The third kappa shape index (κ3) is 3.25.